The van der Waals surface area contributed by atoms with Crippen LogP contribution in [0.15, 0.2) is 58.8 Å². The first-order valence-corrected chi connectivity index (χ1v) is 6.19. The van der Waals surface area contributed by atoms with Gasteiger partial charge in [-0.3, -0.25) is 10.1 Å². The summed E-state index contributed by atoms with van der Waals surface area (Å²) >= 11 is 0. The summed E-state index contributed by atoms with van der Waals surface area (Å²) in [7, 11) is 0. The van der Waals surface area contributed by atoms with Crippen molar-refractivity contribution in [2.75, 3.05) is 11.9 Å². The van der Waals surface area contributed by atoms with Crippen LogP contribution < -0.4 is 5.32 Å². The van der Waals surface area contributed by atoms with E-state index < -0.39 is 4.92 Å². The Morgan fingerprint density at radius 3 is 1.95 bits per heavy atom. The van der Waals surface area contributed by atoms with Gasteiger partial charge >= 0.3 is 0 Å². The number of nitro benzene ring substituents is 1. The highest BCUT2D eigenvalue weighted by atomic mass is 16.6. The van der Waals surface area contributed by atoms with Crippen molar-refractivity contribution in [3.8, 4) is 0 Å². The van der Waals surface area contributed by atoms with Crippen molar-refractivity contribution in [2.45, 2.75) is 6.92 Å². The molecule has 102 valence electrons. The predicted molar refractivity (Wildman–Crippen MR) is 77.9 cm³/mol. The highest BCUT2D eigenvalue weighted by Crippen LogP contribution is 2.22. The summed E-state index contributed by atoms with van der Waals surface area (Å²) in [6, 6.07) is 13.5. The maximum absolute atomic E-state index is 10.5. The van der Waals surface area contributed by atoms with Crippen LogP contribution in [0, 0.1) is 10.1 Å². The summed E-state index contributed by atoms with van der Waals surface area (Å²) < 4.78 is 0. The van der Waals surface area contributed by atoms with Gasteiger partial charge in [-0.15, -0.1) is 0 Å². The summed E-state index contributed by atoms with van der Waals surface area (Å²) in [6.07, 6.45) is 0. The first-order valence-electron chi connectivity index (χ1n) is 6.19. The average Bonchev–Trinajstić information content (AvgIpc) is 2.47. The minimum atomic E-state index is -0.444. The number of azo groups is 1. The zero-order valence-electron chi connectivity index (χ0n) is 11.0. The quantitative estimate of drug-likeness (QED) is 0.495. The first-order chi connectivity index (χ1) is 9.69. The molecule has 0 bridgehead atoms. The van der Waals surface area contributed by atoms with Gasteiger partial charge in [0.15, 0.2) is 0 Å². The van der Waals surface area contributed by atoms with Gasteiger partial charge in [-0.2, -0.15) is 10.2 Å². The van der Waals surface area contributed by atoms with Gasteiger partial charge < -0.3 is 5.32 Å². The van der Waals surface area contributed by atoms with E-state index in [1.165, 1.54) is 12.1 Å². The molecule has 0 saturated carbocycles. The molecule has 0 spiro atoms. The van der Waals surface area contributed by atoms with Crippen LogP contribution in [0.25, 0.3) is 0 Å². The normalized spacial score (nSPS) is 10.7. The number of hydrogen-bond donors (Lipinski definition) is 1. The van der Waals surface area contributed by atoms with Crippen LogP contribution in [-0.4, -0.2) is 11.5 Å². The second-order valence-corrected chi connectivity index (χ2v) is 4.05. The Kier molecular flexibility index (Phi) is 4.39. The lowest BCUT2D eigenvalue weighted by Gasteiger charge is -2.01. The third-order valence-electron chi connectivity index (χ3n) is 2.59. The van der Waals surface area contributed by atoms with Crippen molar-refractivity contribution in [1.82, 2.24) is 0 Å². The topological polar surface area (TPSA) is 79.9 Å². The third kappa shape index (κ3) is 3.61. The van der Waals surface area contributed by atoms with Crippen LogP contribution in [0.2, 0.25) is 0 Å². The maximum atomic E-state index is 10.5. The lowest BCUT2D eigenvalue weighted by atomic mass is 10.3. The van der Waals surface area contributed by atoms with Crippen LogP contribution in [0.3, 0.4) is 0 Å². The van der Waals surface area contributed by atoms with Crippen LogP contribution in [0.4, 0.5) is 22.7 Å². The van der Waals surface area contributed by atoms with Gasteiger partial charge in [-0.1, -0.05) is 0 Å². The standard InChI is InChI=1S/C14H14N4O2/c1-2-15-11-3-5-12(6-4-11)16-17-13-7-9-14(10-8-13)18(19)20/h3-10,15H,2H2,1H3/b17-16+. The zero-order chi connectivity index (χ0) is 14.4. The Balaban J connectivity index is 2.06. The Bertz CT molecular complexity index is 606. The van der Waals surface area contributed by atoms with E-state index in [1.807, 2.05) is 31.2 Å². The molecule has 0 aliphatic carbocycles. The van der Waals surface area contributed by atoms with E-state index in [2.05, 4.69) is 15.5 Å². The summed E-state index contributed by atoms with van der Waals surface area (Å²) in [6.45, 7) is 2.89. The molecule has 0 aliphatic heterocycles. The summed E-state index contributed by atoms with van der Waals surface area (Å²) in [4.78, 5) is 10.1. The van der Waals surface area contributed by atoms with Crippen molar-refractivity contribution in [3.63, 3.8) is 0 Å². The molecular weight excluding hydrogens is 256 g/mol. The number of nitro groups is 1. The molecule has 0 heterocycles. The number of anilines is 1. The van der Waals surface area contributed by atoms with E-state index in [0.717, 1.165) is 17.9 Å². The molecule has 2 rings (SSSR count). The number of benzene rings is 2. The fraction of sp³-hybridized carbons (Fsp3) is 0.143. The average molecular weight is 270 g/mol. The molecule has 0 saturated heterocycles. The molecule has 20 heavy (non-hydrogen) atoms. The van der Waals surface area contributed by atoms with Crippen LogP contribution in [-0.2, 0) is 0 Å². The summed E-state index contributed by atoms with van der Waals surface area (Å²) in [5, 5.41) is 21.8. The Labute approximate surface area is 116 Å². The fourth-order valence-corrected chi connectivity index (χ4v) is 1.61. The minimum Gasteiger partial charge on any atom is -0.385 e. The van der Waals surface area contributed by atoms with Crippen molar-refractivity contribution in [2.24, 2.45) is 10.2 Å². The molecule has 0 unspecified atom stereocenters. The van der Waals surface area contributed by atoms with Gasteiger partial charge in [0.25, 0.3) is 5.69 Å². The Morgan fingerprint density at radius 1 is 1.00 bits per heavy atom. The van der Waals surface area contributed by atoms with E-state index in [-0.39, 0.29) is 5.69 Å². The van der Waals surface area contributed by atoms with Crippen molar-refractivity contribution in [1.29, 1.82) is 0 Å². The van der Waals surface area contributed by atoms with Crippen molar-refractivity contribution >= 4 is 22.7 Å². The third-order valence-corrected chi connectivity index (χ3v) is 2.59. The van der Waals surface area contributed by atoms with Gasteiger partial charge in [0.1, 0.15) is 0 Å². The largest absolute Gasteiger partial charge is 0.385 e. The smallest absolute Gasteiger partial charge is 0.269 e. The van der Waals surface area contributed by atoms with E-state index in [9.17, 15) is 10.1 Å². The second-order valence-electron chi connectivity index (χ2n) is 4.05. The van der Waals surface area contributed by atoms with Gasteiger partial charge in [-0.05, 0) is 43.3 Å². The number of hydrogen-bond acceptors (Lipinski definition) is 5. The van der Waals surface area contributed by atoms with Gasteiger partial charge in [0, 0.05) is 24.4 Å². The monoisotopic (exact) mass is 270 g/mol. The van der Waals surface area contributed by atoms with Crippen LogP contribution in [0.5, 0.6) is 0 Å². The van der Waals surface area contributed by atoms with Crippen LogP contribution >= 0.6 is 0 Å². The highest BCUT2D eigenvalue weighted by molar-refractivity contribution is 5.51. The SMILES string of the molecule is CCNc1ccc(/N=N/c2ccc([N+](=O)[O-])cc2)cc1. The highest BCUT2D eigenvalue weighted by Gasteiger charge is 2.02. The Hall–Kier alpha value is -2.76. The first kappa shape index (κ1) is 13.7. The second kappa shape index (κ2) is 6.42. The van der Waals surface area contributed by atoms with Gasteiger partial charge in [0.2, 0.25) is 0 Å². The van der Waals surface area contributed by atoms with Crippen LogP contribution in [0.1, 0.15) is 6.92 Å². The Morgan fingerprint density at radius 2 is 1.50 bits per heavy atom. The minimum absolute atomic E-state index is 0.0407. The number of non-ortho nitro benzene ring substituents is 1. The van der Waals surface area contributed by atoms with Crippen molar-refractivity contribution < 1.29 is 4.92 Å². The van der Waals surface area contributed by atoms with E-state index >= 15 is 0 Å². The number of nitrogens with one attached hydrogen (secondary N) is 1. The molecular formula is C14H14N4O2. The van der Waals surface area contributed by atoms with Gasteiger partial charge in [0.05, 0.1) is 16.3 Å². The fourth-order valence-electron chi connectivity index (χ4n) is 1.61. The lowest BCUT2D eigenvalue weighted by Crippen LogP contribution is -1.94. The zero-order valence-corrected chi connectivity index (χ0v) is 11.0. The molecule has 0 amide bonds. The predicted octanol–water partition coefficient (Wildman–Crippen LogP) is 4.44. The molecule has 0 radical (unpaired) electrons. The maximum Gasteiger partial charge on any atom is 0.269 e. The molecule has 0 atom stereocenters. The molecule has 6 heteroatoms. The van der Waals surface area contributed by atoms with E-state index in [4.69, 9.17) is 0 Å². The molecule has 2 aromatic carbocycles. The number of nitrogens with zero attached hydrogens (tertiary/aromatic N) is 3. The van der Waals surface area contributed by atoms with E-state index in [1.54, 1.807) is 12.1 Å². The van der Waals surface area contributed by atoms with Crippen molar-refractivity contribution in [3.05, 3.63) is 58.6 Å². The molecule has 2 aromatic rings. The molecule has 1 N–H and O–H groups in total. The summed E-state index contributed by atoms with van der Waals surface area (Å²) in [5.41, 5.74) is 2.37. The molecule has 0 aromatic heterocycles. The lowest BCUT2D eigenvalue weighted by molar-refractivity contribution is -0.384. The molecule has 0 fully saturated rings. The molecule has 6 nitrogen and oxygen atoms in total. The molecule has 0 aliphatic rings. The number of rotatable bonds is 5. The summed E-state index contributed by atoms with van der Waals surface area (Å²) in [5.74, 6) is 0. The van der Waals surface area contributed by atoms with Gasteiger partial charge in [-0.25, -0.2) is 0 Å². The van der Waals surface area contributed by atoms with E-state index in [0.29, 0.717) is 5.69 Å².